The van der Waals surface area contributed by atoms with E-state index in [9.17, 15) is 28.2 Å². The fourth-order valence-electron chi connectivity index (χ4n) is 5.49. The summed E-state index contributed by atoms with van der Waals surface area (Å²) in [5, 5.41) is 5.17. The number of imide groups is 1. The second-order valence-electron chi connectivity index (χ2n) is 14.5. The number of nitrogens with one attached hydrogen (secondary N) is 3. The summed E-state index contributed by atoms with van der Waals surface area (Å²) in [6.07, 6.45) is 17.2. The largest absolute Gasteiger partial charge is 0.491 e. The van der Waals surface area contributed by atoms with Crippen LogP contribution in [0.5, 0.6) is 5.75 Å². The number of rotatable bonds is 24. The van der Waals surface area contributed by atoms with Gasteiger partial charge in [-0.15, -0.1) is 0 Å². The van der Waals surface area contributed by atoms with Crippen molar-refractivity contribution < 1.29 is 37.2 Å². The highest BCUT2D eigenvalue weighted by Gasteiger charge is 2.53. The zero-order chi connectivity index (χ0) is 37.3. The van der Waals surface area contributed by atoms with Gasteiger partial charge in [0.1, 0.15) is 11.3 Å². The van der Waals surface area contributed by atoms with Crippen LogP contribution in [0.4, 0.5) is 10.5 Å². The van der Waals surface area contributed by atoms with Crippen molar-refractivity contribution >= 4 is 46.3 Å². The molecule has 2 rings (SSSR count). The van der Waals surface area contributed by atoms with Crippen LogP contribution < -0.4 is 20.9 Å². The number of unbranched alkanes of at least 4 members (excludes halogenated alkanes) is 13. The lowest BCUT2D eigenvalue weighted by atomic mass is 9.85. The van der Waals surface area contributed by atoms with E-state index in [0.29, 0.717) is 11.5 Å². The standard InChI is InChI=1S/C37H60N4O8S/c1-8-10-11-12-13-14-15-16-17-18-19-20-21-22-25-48-29-24-23-27(50(47)49-40-30(42)9-2)26-28(29)38-33(44)31(32(43)36(3,4)5)41-34(45)37(6,7)39-35(41)46/h23-24,26,31H,8-22,25H2,1-7H3,(H,38,44)(H,39,46)(H,40,42). The van der Waals surface area contributed by atoms with Gasteiger partial charge in [-0.05, 0) is 38.5 Å². The molecule has 1 aromatic carbocycles. The Balaban J connectivity index is 2.08. The van der Waals surface area contributed by atoms with E-state index in [4.69, 9.17) is 9.02 Å². The Morgan fingerprint density at radius 1 is 0.880 bits per heavy atom. The van der Waals surface area contributed by atoms with Crippen LogP contribution in [-0.4, -0.2) is 56.8 Å². The summed E-state index contributed by atoms with van der Waals surface area (Å²) in [6, 6.07) is 1.69. The average Bonchev–Trinajstić information content (AvgIpc) is 3.26. The SMILES string of the molecule is CCCCCCCCCCCCCCCCOc1ccc(S(=O)ONC(=O)CC)cc1NC(=O)C(C(=O)C(C)(C)C)N1C(=O)NC(C)(C)C1=O. The summed E-state index contributed by atoms with van der Waals surface area (Å²) in [5.41, 5.74) is -0.232. The fourth-order valence-corrected chi connectivity index (χ4v) is 6.15. The molecule has 5 amide bonds. The van der Waals surface area contributed by atoms with E-state index in [1.807, 2.05) is 0 Å². The topological polar surface area (TPSA) is 160 Å². The van der Waals surface area contributed by atoms with Crippen molar-refractivity contribution in [3.05, 3.63) is 18.2 Å². The summed E-state index contributed by atoms with van der Waals surface area (Å²) in [7, 11) is 0. The molecule has 1 aliphatic rings. The van der Waals surface area contributed by atoms with Gasteiger partial charge in [-0.1, -0.05) is 118 Å². The van der Waals surface area contributed by atoms with Gasteiger partial charge in [-0.2, -0.15) is 4.28 Å². The van der Waals surface area contributed by atoms with E-state index in [1.54, 1.807) is 27.7 Å². The summed E-state index contributed by atoms with van der Waals surface area (Å²) in [4.78, 5) is 65.9. The summed E-state index contributed by atoms with van der Waals surface area (Å²) < 4.78 is 23.9. The molecule has 12 nitrogen and oxygen atoms in total. The number of anilines is 1. The molecule has 1 heterocycles. The van der Waals surface area contributed by atoms with Gasteiger partial charge in [0.25, 0.3) is 11.8 Å². The smallest absolute Gasteiger partial charge is 0.326 e. The maximum absolute atomic E-state index is 13.9. The predicted octanol–water partition coefficient (Wildman–Crippen LogP) is 7.28. The fraction of sp³-hybridized carbons (Fsp3) is 0.703. The number of hydroxylamine groups is 1. The number of urea groups is 1. The van der Waals surface area contributed by atoms with Crippen LogP contribution in [0.1, 0.15) is 145 Å². The first kappa shape index (κ1) is 42.8. The number of Topliss-reactive ketones (excluding diaryl/α,β-unsaturated/α-hetero) is 1. The van der Waals surface area contributed by atoms with Crippen molar-refractivity contribution in [2.24, 2.45) is 5.41 Å². The normalized spacial score (nSPS) is 15.4. The van der Waals surface area contributed by atoms with E-state index >= 15 is 0 Å². The molecule has 0 spiro atoms. The Morgan fingerprint density at radius 3 is 1.90 bits per heavy atom. The molecular weight excluding hydrogens is 660 g/mol. The maximum Gasteiger partial charge on any atom is 0.326 e. The van der Waals surface area contributed by atoms with Crippen molar-refractivity contribution in [2.45, 2.75) is 161 Å². The van der Waals surface area contributed by atoms with Crippen LogP contribution in [-0.2, 0) is 34.5 Å². The summed E-state index contributed by atoms with van der Waals surface area (Å²) in [6.45, 7) is 12.0. The first-order valence-corrected chi connectivity index (χ1v) is 19.4. The van der Waals surface area contributed by atoms with Gasteiger partial charge < -0.3 is 15.4 Å². The first-order chi connectivity index (χ1) is 23.6. The lowest BCUT2D eigenvalue weighted by molar-refractivity contribution is -0.144. The Morgan fingerprint density at radius 2 is 1.42 bits per heavy atom. The molecule has 2 atom stereocenters. The average molecular weight is 721 g/mol. The number of amides is 5. The van der Waals surface area contributed by atoms with E-state index in [1.165, 1.54) is 96.3 Å². The van der Waals surface area contributed by atoms with Crippen LogP contribution in [0.25, 0.3) is 0 Å². The van der Waals surface area contributed by atoms with Crippen molar-refractivity contribution in [1.29, 1.82) is 0 Å². The minimum absolute atomic E-state index is 0.0645. The molecule has 1 aliphatic heterocycles. The molecule has 0 aliphatic carbocycles. The van der Waals surface area contributed by atoms with Gasteiger partial charge in [0, 0.05) is 11.8 Å². The van der Waals surface area contributed by atoms with Crippen molar-refractivity contribution in [1.82, 2.24) is 15.7 Å². The number of nitrogens with zero attached hydrogens (tertiary/aromatic N) is 1. The Bertz CT molecular complexity index is 1330. The van der Waals surface area contributed by atoms with Crippen LogP contribution >= 0.6 is 0 Å². The number of carbonyl (C=O) groups excluding carboxylic acids is 5. The van der Waals surface area contributed by atoms with Gasteiger partial charge in [0.2, 0.25) is 17.0 Å². The highest BCUT2D eigenvalue weighted by atomic mass is 32.2. The molecule has 50 heavy (non-hydrogen) atoms. The van der Waals surface area contributed by atoms with E-state index in [-0.39, 0.29) is 22.8 Å². The van der Waals surface area contributed by atoms with Gasteiger partial charge in [0.15, 0.2) is 11.8 Å². The van der Waals surface area contributed by atoms with E-state index in [2.05, 4.69) is 23.0 Å². The molecule has 2 unspecified atom stereocenters. The quantitative estimate of drug-likeness (QED) is 0.0435. The summed E-state index contributed by atoms with van der Waals surface area (Å²) in [5.74, 6) is -2.53. The first-order valence-electron chi connectivity index (χ1n) is 18.3. The number of ether oxygens (including phenoxy) is 1. The van der Waals surface area contributed by atoms with Gasteiger partial charge >= 0.3 is 6.03 Å². The van der Waals surface area contributed by atoms with Crippen LogP contribution in [0, 0.1) is 5.41 Å². The second-order valence-corrected chi connectivity index (χ2v) is 15.6. The lowest BCUT2D eigenvalue weighted by Gasteiger charge is -2.29. The molecule has 1 aromatic rings. The molecule has 0 aromatic heterocycles. The minimum Gasteiger partial charge on any atom is -0.491 e. The monoisotopic (exact) mass is 720 g/mol. The highest BCUT2D eigenvalue weighted by Crippen LogP contribution is 2.31. The molecular formula is C37H60N4O8S. The lowest BCUT2D eigenvalue weighted by Crippen LogP contribution is -2.55. The molecule has 3 N–H and O–H groups in total. The van der Waals surface area contributed by atoms with Crippen LogP contribution in [0.15, 0.2) is 23.1 Å². The van der Waals surface area contributed by atoms with E-state index < -0.39 is 57.6 Å². The van der Waals surface area contributed by atoms with Gasteiger partial charge in [-0.3, -0.25) is 19.2 Å². The number of hydrogen-bond donors (Lipinski definition) is 3. The number of hydrogen-bond acceptors (Lipinski definition) is 8. The predicted molar refractivity (Wildman–Crippen MR) is 195 cm³/mol. The molecule has 0 saturated carbocycles. The third-order valence-corrected chi connectivity index (χ3v) is 9.47. The van der Waals surface area contributed by atoms with Crippen molar-refractivity contribution in [3.8, 4) is 5.75 Å². The third-order valence-electron chi connectivity index (χ3n) is 8.59. The Hall–Kier alpha value is -3.32. The molecule has 0 bridgehead atoms. The third kappa shape index (κ3) is 13.8. The summed E-state index contributed by atoms with van der Waals surface area (Å²) >= 11 is -2.15. The van der Waals surface area contributed by atoms with E-state index in [0.717, 1.165) is 25.7 Å². The Kier molecular flexibility index (Phi) is 18.1. The second kappa shape index (κ2) is 21.1. The zero-order valence-corrected chi connectivity index (χ0v) is 32.1. The molecule has 1 fully saturated rings. The zero-order valence-electron chi connectivity index (χ0n) is 31.2. The molecule has 0 radical (unpaired) electrons. The van der Waals surface area contributed by atoms with Crippen molar-refractivity contribution in [2.75, 3.05) is 11.9 Å². The van der Waals surface area contributed by atoms with Crippen LogP contribution in [0.3, 0.4) is 0 Å². The van der Waals surface area contributed by atoms with Gasteiger partial charge in [0.05, 0.1) is 17.2 Å². The maximum atomic E-state index is 13.9. The molecule has 13 heteroatoms. The number of carbonyl (C=O) groups is 5. The minimum atomic E-state index is -2.15. The highest BCUT2D eigenvalue weighted by molar-refractivity contribution is 7.80. The number of ketones is 1. The molecule has 282 valence electrons. The number of benzene rings is 1. The molecule has 1 saturated heterocycles. The van der Waals surface area contributed by atoms with Crippen molar-refractivity contribution in [3.63, 3.8) is 0 Å². The van der Waals surface area contributed by atoms with Crippen LogP contribution in [0.2, 0.25) is 0 Å². The Labute approximate surface area is 301 Å². The van der Waals surface area contributed by atoms with Gasteiger partial charge in [-0.25, -0.2) is 19.4 Å².